The summed E-state index contributed by atoms with van der Waals surface area (Å²) in [5, 5.41) is 14.3. The maximum absolute atomic E-state index is 13.5. The lowest BCUT2D eigenvalue weighted by atomic mass is 10.0. The third-order valence-corrected chi connectivity index (χ3v) is 3.71. The predicted molar refractivity (Wildman–Crippen MR) is 99.0 cm³/mol. The van der Waals surface area contributed by atoms with Crippen molar-refractivity contribution in [2.45, 2.75) is 26.3 Å². The number of aliphatic hydroxyl groups is 1. The van der Waals surface area contributed by atoms with E-state index in [0.717, 1.165) is 20.3 Å². The molecule has 0 aliphatic heterocycles. The van der Waals surface area contributed by atoms with Crippen LogP contribution in [0.1, 0.15) is 34.2 Å². The number of nitrogens with one attached hydrogen (secondary N) is 1. The Morgan fingerprint density at radius 2 is 2.00 bits per heavy atom. The Hall–Kier alpha value is -3.07. The van der Waals surface area contributed by atoms with Gasteiger partial charge in [0.2, 0.25) is 0 Å². The monoisotopic (exact) mass is 377 g/mol. The summed E-state index contributed by atoms with van der Waals surface area (Å²) in [5.74, 6) is -1.95. The summed E-state index contributed by atoms with van der Waals surface area (Å²) in [6.45, 7) is 2.81. The second kappa shape index (κ2) is 8.09. The highest BCUT2D eigenvalue weighted by molar-refractivity contribution is 5.81. The molecule has 2 aromatic heterocycles. The molecule has 3 aromatic rings. The number of carbonyl (C=O) groups is 1. The van der Waals surface area contributed by atoms with E-state index >= 15 is 0 Å². The molecule has 0 fully saturated rings. The van der Waals surface area contributed by atoms with Gasteiger partial charge < -0.3 is 16.2 Å². The van der Waals surface area contributed by atoms with Gasteiger partial charge in [0.25, 0.3) is 5.92 Å². The van der Waals surface area contributed by atoms with Gasteiger partial charge in [0.05, 0.1) is 0 Å². The smallest absolute Gasteiger partial charge is 0.270 e. The lowest BCUT2D eigenvalue weighted by molar-refractivity contribution is 0.0174. The number of aliphatic hydroxyl groups excluding tert-OH is 1. The minimum absolute atomic E-state index is 0.140. The summed E-state index contributed by atoms with van der Waals surface area (Å²) in [5.41, 5.74) is 7.56. The van der Waals surface area contributed by atoms with Crippen LogP contribution in [0.5, 0.6) is 0 Å². The third kappa shape index (κ3) is 4.76. The fourth-order valence-electron chi connectivity index (χ4n) is 2.58. The van der Waals surface area contributed by atoms with Gasteiger partial charge >= 0.3 is 0 Å². The van der Waals surface area contributed by atoms with E-state index in [-0.39, 0.29) is 17.8 Å². The number of rotatable bonds is 5. The van der Waals surface area contributed by atoms with Gasteiger partial charge in [0.15, 0.2) is 12.1 Å². The first-order chi connectivity index (χ1) is 12.8. The summed E-state index contributed by atoms with van der Waals surface area (Å²) in [7, 11) is 1.00. The van der Waals surface area contributed by atoms with Crippen LogP contribution in [-0.2, 0) is 12.5 Å². The van der Waals surface area contributed by atoms with Crippen LogP contribution in [0.15, 0.2) is 30.5 Å². The van der Waals surface area contributed by atoms with Crippen molar-refractivity contribution in [1.29, 1.82) is 0 Å². The first-order valence-electron chi connectivity index (χ1n) is 8.05. The molecule has 0 radical (unpaired) electrons. The van der Waals surface area contributed by atoms with E-state index in [0.29, 0.717) is 28.3 Å². The van der Waals surface area contributed by atoms with Gasteiger partial charge in [-0.15, -0.1) is 0 Å². The number of nitrogen functional groups attached to an aromatic ring is 1. The summed E-state index contributed by atoms with van der Waals surface area (Å²) < 4.78 is 28.7. The molecule has 9 heteroatoms. The molecule has 3 rings (SSSR count). The molecule has 0 bridgehead atoms. The van der Waals surface area contributed by atoms with E-state index in [1.807, 2.05) is 0 Å². The molecule has 4 N–H and O–H groups in total. The Morgan fingerprint density at radius 3 is 2.63 bits per heavy atom. The van der Waals surface area contributed by atoms with E-state index in [1.165, 1.54) is 12.1 Å². The summed E-state index contributed by atoms with van der Waals surface area (Å²) >= 11 is 0. The Kier molecular flexibility index (Phi) is 6.06. The number of nitrogens with zero attached hydrogens (tertiary/aromatic N) is 3. The SMILES string of the molecule is CO.Cc1nc(NCc2cc(N)cc(C(C)(F)F)c2)c2cc(C=O)cn2n1. The van der Waals surface area contributed by atoms with Gasteiger partial charge in [-0.05, 0) is 36.8 Å². The number of hydrogen-bond acceptors (Lipinski definition) is 6. The van der Waals surface area contributed by atoms with Crippen LogP contribution in [0.25, 0.3) is 5.52 Å². The molecule has 0 amide bonds. The summed E-state index contributed by atoms with van der Waals surface area (Å²) in [6.07, 6.45) is 2.32. The van der Waals surface area contributed by atoms with Crippen molar-refractivity contribution in [3.05, 3.63) is 53.0 Å². The summed E-state index contributed by atoms with van der Waals surface area (Å²) in [4.78, 5) is 15.3. The van der Waals surface area contributed by atoms with E-state index in [4.69, 9.17) is 10.8 Å². The molecule has 144 valence electrons. The Bertz CT molecular complexity index is 951. The molecule has 0 aliphatic rings. The molecule has 0 unspecified atom stereocenters. The van der Waals surface area contributed by atoms with Crippen LogP contribution in [0.2, 0.25) is 0 Å². The number of aromatic nitrogens is 3. The van der Waals surface area contributed by atoms with Gasteiger partial charge in [0, 0.05) is 43.6 Å². The number of halogens is 2. The number of alkyl halides is 2. The average Bonchev–Trinajstić information content (AvgIpc) is 3.03. The molecule has 7 nitrogen and oxygen atoms in total. The maximum Gasteiger partial charge on any atom is 0.270 e. The second-order valence-electron chi connectivity index (χ2n) is 5.93. The van der Waals surface area contributed by atoms with Gasteiger partial charge in [-0.25, -0.2) is 18.3 Å². The normalized spacial score (nSPS) is 11.0. The zero-order chi connectivity index (χ0) is 20.2. The highest BCUT2D eigenvalue weighted by Gasteiger charge is 2.25. The number of nitrogens with two attached hydrogens (primary N) is 1. The number of anilines is 2. The van der Waals surface area contributed by atoms with Crippen molar-refractivity contribution in [2.75, 3.05) is 18.2 Å². The number of aryl methyl sites for hydroxylation is 1. The topological polar surface area (TPSA) is 106 Å². The molecule has 0 aliphatic carbocycles. The quantitative estimate of drug-likeness (QED) is 0.466. The fraction of sp³-hybridized carbons (Fsp3) is 0.278. The highest BCUT2D eigenvalue weighted by atomic mass is 19.3. The summed E-state index contributed by atoms with van der Waals surface area (Å²) in [6, 6.07) is 5.95. The molecule has 0 saturated carbocycles. The number of benzene rings is 1. The predicted octanol–water partition coefficient (Wildman–Crippen LogP) is 2.76. The number of hydrogen-bond donors (Lipinski definition) is 3. The number of fused-ring (bicyclic) bond motifs is 1. The molecule has 2 heterocycles. The van der Waals surface area contributed by atoms with Crippen molar-refractivity contribution in [3.8, 4) is 0 Å². The Morgan fingerprint density at radius 1 is 1.30 bits per heavy atom. The van der Waals surface area contributed by atoms with Crippen molar-refractivity contribution in [1.82, 2.24) is 14.6 Å². The van der Waals surface area contributed by atoms with Crippen LogP contribution < -0.4 is 11.1 Å². The first kappa shape index (κ1) is 20.2. The van der Waals surface area contributed by atoms with Crippen LogP contribution in [0, 0.1) is 6.92 Å². The largest absolute Gasteiger partial charge is 0.400 e. The Balaban J connectivity index is 0.00000126. The van der Waals surface area contributed by atoms with Gasteiger partial charge in [0.1, 0.15) is 11.3 Å². The van der Waals surface area contributed by atoms with Gasteiger partial charge in [-0.3, -0.25) is 4.79 Å². The molecule has 1 aromatic carbocycles. The van der Waals surface area contributed by atoms with Crippen molar-refractivity contribution < 1.29 is 18.7 Å². The number of aldehydes is 1. The van der Waals surface area contributed by atoms with E-state index in [2.05, 4.69) is 15.4 Å². The van der Waals surface area contributed by atoms with E-state index in [9.17, 15) is 13.6 Å². The number of carbonyl (C=O) groups excluding carboxylic acids is 1. The molecule has 0 spiro atoms. The maximum atomic E-state index is 13.5. The van der Waals surface area contributed by atoms with Crippen LogP contribution >= 0.6 is 0 Å². The lowest BCUT2D eigenvalue weighted by Gasteiger charge is -2.14. The zero-order valence-electron chi connectivity index (χ0n) is 15.2. The molecule has 27 heavy (non-hydrogen) atoms. The van der Waals surface area contributed by atoms with Crippen molar-refractivity contribution >= 4 is 23.3 Å². The second-order valence-corrected chi connectivity index (χ2v) is 5.93. The van der Waals surface area contributed by atoms with E-state index < -0.39 is 5.92 Å². The van der Waals surface area contributed by atoms with Crippen LogP contribution in [-0.4, -0.2) is 33.1 Å². The first-order valence-corrected chi connectivity index (χ1v) is 8.05. The minimum atomic E-state index is -2.97. The van der Waals surface area contributed by atoms with Crippen molar-refractivity contribution in [2.24, 2.45) is 0 Å². The minimum Gasteiger partial charge on any atom is -0.400 e. The molecular weight excluding hydrogens is 356 g/mol. The van der Waals surface area contributed by atoms with Gasteiger partial charge in [-0.1, -0.05) is 0 Å². The molecular formula is C18H21F2N5O2. The van der Waals surface area contributed by atoms with Crippen molar-refractivity contribution in [3.63, 3.8) is 0 Å². The zero-order valence-corrected chi connectivity index (χ0v) is 15.2. The third-order valence-electron chi connectivity index (χ3n) is 3.71. The van der Waals surface area contributed by atoms with Crippen LogP contribution in [0.4, 0.5) is 20.3 Å². The lowest BCUT2D eigenvalue weighted by Crippen LogP contribution is -2.11. The Labute approximate surface area is 154 Å². The molecule has 0 saturated heterocycles. The molecule has 0 atom stereocenters. The van der Waals surface area contributed by atoms with E-state index in [1.54, 1.807) is 29.8 Å². The standard InChI is InChI=1S/C17H17F2N5O.CH4O/c1-10-22-16(15-5-12(9-25)8-24(15)23-10)21-7-11-3-13(17(2,18)19)6-14(20)4-11;1-2/h3-6,8-9H,7,20H2,1-2H3,(H,21,22,23);2H,1H3. The fourth-order valence-corrected chi connectivity index (χ4v) is 2.58. The van der Waals surface area contributed by atoms with Gasteiger partial charge in [-0.2, -0.15) is 5.10 Å². The highest BCUT2D eigenvalue weighted by Crippen LogP contribution is 2.29. The van der Waals surface area contributed by atoms with Crippen LogP contribution in [0.3, 0.4) is 0 Å². The average molecular weight is 377 g/mol.